The Hall–Kier alpha value is -1.11. The first-order chi connectivity index (χ1) is 8.26. The zero-order chi connectivity index (χ0) is 12.5. The van der Waals surface area contributed by atoms with E-state index in [0.717, 1.165) is 23.9 Å². The van der Waals surface area contributed by atoms with E-state index in [0.29, 0.717) is 13.1 Å². The second-order valence-corrected chi connectivity index (χ2v) is 3.64. The summed E-state index contributed by atoms with van der Waals surface area (Å²) >= 11 is 0. The number of aliphatic imine (C=N–C) groups is 1. The summed E-state index contributed by atoms with van der Waals surface area (Å²) in [6, 6.07) is 5.96. The van der Waals surface area contributed by atoms with E-state index in [1.54, 1.807) is 6.08 Å². The summed E-state index contributed by atoms with van der Waals surface area (Å²) in [6.07, 6.45) is 1.80. The molecule has 1 rings (SSSR count). The molecule has 0 aliphatic carbocycles. The van der Waals surface area contributed by atoms with Crippen LogP contribution >= 0.6 is 24.0 Å². The highest BCUT2D eigenvalue weighted by molar-refractivity contribution is 14.0. The van der Waals surface area contributed by atoms with Gasteiger partial charge in [0.15, 0.2) is 5.96 Å². The van der Waals surface area contributed by atoms with Gasteiger partial charge in [0.25, 0.3) is 0 Å². The smallest absolute Gasteiger partial charge is 0.191 e. The van der Waals surface area contributed by atoms with Crippen LogP contribution in [0.15, 0.2) is 35.8 Å². The van der Waals surface area contributed by atoms with Crippen molar-refractivity contribution in [1.82, 2.24) is 15.6 Å². The molecule has 1 aromatic rings. The first kappa shape index (κ1) is 16.9. The number of hydrogen-bond donors (Lipinski definition) is 2. The molecular formula is C13H21IN4. The van der Waals surface area contributed by atoms with Crippen molar-refractivity contribution >= 4 is 29.9 Å². The standard InChI is InChI=1S/C13H20N4.HI/c1-4-9-15-13(14-5-2)16-10-12-8-6-7-11(3)17-12;/h4,6-8H,1,5,9-10H2,2-3H3,(H2,14,15,16);1H. The van der Waals surface area contributed by atoms with Gasteiger partial charge in [-0.05, 0) is 26.0 Å². The van der Waals surface area contributed by atoms with Gasteiger partial charge in [0, 0.05) is 18.8 Å². The Labute approximate surface area is 126 Å². The predicted octanol–water partition coefficient (Wildman–Crippen LogP) is 2.25. The maximum Gasteiger partial charge on any atom is 0.191 e. The molecular weight excluding hydrogens is 339 g/mol. The summed E-state index contributed by atoms with van der Waals surface area (Å²) in [6.45, 7) is 9.80. The Morgan fingerprint density at radius 1 is 1.44 bits per heavy atom. The quantitative estimate of drug-likeness (QED) is 0.367. The van der Waals surface area contributed by atoms with Gasteiger partial charge in [-0.3, -0.25) is 4.98 Å². The van der Waals surface area contributed by atoms with E-state index < -0.39 is 0 Å². The molecule has 0 fully saturated rings. The lowest BCUT2D eigenvalue weighted by Crippen LogP contribution is -2.37. The minimum atomic E-state index is 0. The molecule has 4 nitrogen and oxygen atoms in total. The van der Waals surface area contributed by atoms with Crippen molar-refractivity contribution in [3.05, 3.63) is 42.2 Å². The number of pyridine rings is 1. The number of aryl methyl sites for hydroxylation is 1. The van der Waals surface area contributed by atoms with Crippen molar-refractivity contribution in [2.75, 3.05) is 13.1 Å². The van der Waals surface area contributed by atoms with Crippen LogP contribution in [-0.2, 0) is 6.54 Å². The van der Waals surface area contributed by atoms with E-state index in [2.05, 4.69) is 27.2 Å². The van der Waals surface area contributed by atoms with Crippen molar-refractivity contribution in [3.63, 3.8) is 0 Å². The predicted molar refractivity (Wildman–Crippen MR) is 87.4 cm³/mol. The minimum absolute atomic E-state index is 0. The van der Waals surface area contributed by atoms with Crippen LogP contribution in [0.4, 0.5) is 0 Å². The molecule has 0 saturated carbocycles. The van der Waals surface area contributed by atoms with E-state index in [9.17, 15) is 0 Å². The first-order valence-electron chi connectivity index (χ1n) is 5.82. The Morgan fingerprint density at radius 3 is 2.83 bits per heavy atom. The zero-order valence-corrected chi connectivity index (χ0v) is 13.3. The topological polar surface area (TPSA) is 49.3 Å². The zero-order valence-electron chi connectivity index (χ0n) is 10.9. The number of aromatic nitrogens is 1. The molecule has 2 N–H and O–H groups in total. The van der Waals surface area contributed by atoms with Gasteiger partial charge in [-0.15, -0.1) is 30.6 Å². The lowest BCUT2D eigenvalue weighted by molar-refractivity contribution is 0.851. The molecule has 0 aliphatic rings. The molecule has 0 amide bonds. The van der Waals surface area contributed by atoms with Gasteiger partial charge in [0.2, 0.25) is 0 Å². The molecule has 1 aromatic heterocycles. The number of halogens is 1. The lowest BCUT2D eigenvalue weighted by atomic mass is 10.3. The monoisotopic (exact) mass is 360 g/mol. The van der Waals surface area contributed by atoms with Gasteiger partial charge in [-0.2, -0.15) is 0 Å². The molecule has 0 aliphatic heterocycles. The number of nitrogens with zero attached hydrogens (tertiary/aromatic N) is 2. The summed E-state index contributed by atoms with van der Waals surface area (Å²) in [7, 11) is 0. The van der Waals surface area contributed by atoms with Crippen LogP contribution in [0, 0.1) is 6.92 Å². The summed E-state index contributed by atoms with van der Waals surface area (Å²) in [4.78, 5) is 8.85. The van der Waals surface area contributed by atoms with Crippen molar-refractivity contribution in [3.8, 4) is 0 Å². The lowest BCUT2D eigenvalue weighted by Gasteiger charge is -2.09. The van der Waals surface area contributed by atoms with Crippen molar-refractivity contribution in [2.45, 2.75) is 20.4 Å². The highest BCUT2D eigenvalue weighted by Crippen LogP contribution is 1.99. The molecule has 0 atom stereocenters. The van der Waals surface area contributed by atoms with E-state index >= 15 is 0 Å². The average molecular weight is 360 g/mol. The first-order valence-corrected chi connectivity index (χ1v) is 5.82. The fourth-order valence-corrected chi connectivity index (χ4v) is 1.36. The molecule has 18 heavy (non-hydrogen) atoms. The molecule has 0 saturated heterocycles. The van der Waals surface area contributed by atoms with Crippen molar-refractivity contribution in [2.24, 2.45) is 4.99 Å². The van der Waals surface area contributed by atoms with Crippen molar-refractivity contribution in [1.29, 1.82) is 0 Å². The Kier molecular flexibility index (Phi) is 9.26. The number of guanidine groups is 1. The van der Waals surface area contributed by atoms with Crippen LogP contribution in [0.5, 0.6) is 0 Å². The largest absolute Gasteiger partial charge is 0.357 e. The van der Waals surface area contributed by atoms with Gasteiger partial charge in [0.1, 0.15) is 0 Å². The normalized spacial score (nSPS) is 10.4. The van der Waals surface area contributed by atoms with E-state index in [1.807, 2.05) is 32.0 Å². The Morgan fingerprint density at radius 2 is 2.22 bits per heavy atom. The molecule has 5 heteroatoms. The van der Waals surface area contributed by atoms with Gasteiger partial charge < -0.3 is 10.6 Å². The minimum Gasteiger partial charge on any atom is -0.357 e. The molecule has 0 bridgehead atoms. The Bertz CT molecular complexity index is 390. The summed E-state index contributed by atoms with van der Waals surface area (Å²) in [5.74, 6) is 0.788. The summed E-state index contributed by atoms with van der Waals surface area (Å²) < 4.78 is 0. The van der Waals surface area contributed by atoms with Gasteiger partial charge in [-0.25, -0.2) is 4.99 Å². The average Bonchev–Trinajstić information content (AvgIpc) is 2.33. The molecule has 0 spiro atoms. The highest BCUT2D eigenvalue weighted by atomic mass is 127. The molecule has 0 radical (unpaired) electrons. The number of nitrogens with one attached hydrogen (secondary N) is 2. The maximum atomic E-state index is 4.45. The molecule has 0 unspecified atom stereocenters. The van der Waals surface area contributed by atoms with Gasteiger partial charge in [-0.1, -0.05) is 12.1 Å². The van der Waals surface area contributed by atoms with Crippen LogP contribution in [0.25, 0.3) is 0 Å². The van der Waals surface area contributed by atoms with Crippen LogP contribution in [-0.4, -0.2) is 24.0 Å². The van der Waals surface area contributed by atoms with Crippen LogP contribution in [0.2, 0.25) is 0 Å². The maximum absolute atomic E-state index is 4.45. The van der Waals surface area contributed by atoms with Gasteiger partial charge in [0.05, 0.1) is 12.2 Å². The van der Waals surface area contributed by atoms with E-state index in [4.69, 9.17) is 0 Å². The van der Waals surface area contributed by atoms with Crippen LogP contribution in [0.1, 0.15) is 18.3 Å². The van der Waals surface area contributed by atoms with Gasteiger partial charge >= 0.3 is 0 Å². The third kappa shape index (κ3) is 6.58. The molecule has 0 aromatic carbocycles. The van der Waals surface area contributed by atoms with E-state index in [1.165, 1.54) is 0 Å². The van der Waals surface area contributed by atoms with Crippen LogP contribution < -0.4 is 10.6 Å². The van der Waals surface area contributed by atoms with E-state index in [-0.39, 0.29) is 24.0 Å². The summed E-state index contributed by atoms with van der Waals surface area (Å²) in [5, 5.41) is 6.31. The number of rotatable bonds is 5. The SMILES string of the molecule is C=CCNC(=NCc1cccc(C)n1)NCC.I. The third-order valence-corrected chi connectivity index (χ3v) is 2.10. The highest BCUT2D eigenvalue weighted by Gasteiger charge is 1.96. The Balaban J connectivity index is 0.00000289. The third-order valence-electron chi connectivity index (χ3n) is 2.10. The fraction of sp³-hybridized carbons (Fsp3) is 0.385. The second-order valence-electron chi connectivity index (χ2n) is 3.64. The van der Waals surface area contributed by atoms with Crippen molar-refractivity contribution < 1.29 is 0 Å². The molecule has 1 heterocycles. The van der Waals surface area contributed by atoms with Crippen LogP contribution in [0.3, 0.4) is 0 Å². The summed E-state index contributed by atoms with van der Waals surface area (Å²) in [5.41, 5.74) is 1.99. The fourth-order valence-electron chi connectivity index (χ4n) is 1.36. The second kappa shape index (κ2) is 9.87. The molecule has 100 valence electrons. The number of hydrogen-bond acceptors (Lipinski definition) is 2.